The van der Waals surface area contributed by atoms with Crippen molar-refractivity contribution >= 4 is 15.3 Å². The highest BCUT2D eigenvalue weighted by atomic mass is 28.3. The van der Waals surface area contributed by atoms with Gasteiger partial charge in [-0.25, -0.2) is 0 Å². The standard InChI is InChI=1S/C13H20NO2Si/c1-13(2,3)11-6-10(9-16-17(4)5)12(8-15)14-7-11/h6-8H,9H2,1-5H3. The highest BCUT2D eigenvalue weighted by Gasteiger charge is 2.16. The molecule has 17 heavy (non-hydrogen) atoms. The second kappa shape index (κ2) is 5.56. The van der Waals surface area contributed by atoms with Crippen LogP contribution in [0.4, 0.5) is 0 Å². The van der Waals surface area contributed by atoms with Crippen molar-refractivity contribution in [2.24, 2.45) is 0 Å². The Balaban J connectivity index is 3.02. The summed E-state index contributed by atoms with van der Waals surface area (Å²) in [5.74, 6) is 0. The molecule has 0 aliphatic carbocycles. The maximum absolute atomic E-state index is 10.9. The van der Waals surface area contributed by atoms with Crippen LogP contribution in [0.5, 0.6) is 0 Å². The van der Waals surface area contributed by atoms with Crippen molar-refractivity contribution in [3.8, 4) is 0 Å². The lowest BCUT2D eigenvalue weighted by molar-refractivity contribution is 0.111. The second-order valence-electron chi connectivity index (χ2n) is 5.33. The maximum atomic E-state index is 10.9. The summed E-state index contributed by atoms with van der Waals surface area (Å²) < 4.78 is 5.64. The van der Waals surface area contributed by atoms with E-state index in [1.165, 1.54) is 0 Å². The van der Waals surface area contributed by atoms with Gasteiger partial charge in [0.05, 0.1) is 6.61 Å². The van der Waals surface area contributed by atoms with Gasteiger partial charge in [0.2, 0.25) is 9.04 Å². The molecule has 1 radical (unpaired) electrons. The molecular formula is C13H20NO2Si. The van der Waals surface area contributed by atoms with Gasteiger partial charge in [0.25, 0.3) is 0 Å². The molecule has 0 aliphatic rings. The molecule has 0 amide bonds. The Morgan fingerprint density at radius 1 is 1.41 bits per heavy atom. The van der Waals surface area contributed by atoms with Crippen molar-refractivity contribution < 1.29 is 9.22 Å². The Hall–Kier alpha value is -1.00. The van der Waals surface area contributed by atoms with Crippen LogP contribution in [-0.4, -0.2) is 20.3 Å². The molecule has 93 valence electrons. The molecule has 1 aromatic rings. The van der Waals surface area contributed by atoms with Gasteiger partial charge in [-0.15, -0.1) is 0 Å². The zero-order valence-corrected chi connectivity index (χ0v) is 12.2. The van der Waals surface area contributed by atoms with Crippen molar-refractivity contribution in [3.05, 3.63) is 29.1 Å². The van der Waals surface area contributed by atoms with Crippen molar-refractivity contribution in [1.82, 2.24) is 4.98 Å². The van der Waals surface area contributed by atoms with E-state index in [1.807, 2.05) is 6.07 Å². The Morgan fingerprint density at radius 2 is 2.06 bits per heavy atom. The van der Waals surface area contributed by atoms with Crippen molar-refractivity contribution in [3.63, 3.8) is 0 Å². The average Bonchev–Trinajstić information content (AvgIpc) is 2.24. The van der Waals surface area contributed by atoms with E-state index in [2.05, 4.69) is 38.8 Å². The third-order valence-corrected chi connectivity index (χ3v) is 3.22. The third kappa shape index (κ3) is 4.05. The lowest BCUT2D eigenvalue weighted by Crippen LogP contribution is -2.15. The van der Waals surface area contributed by atoms with Gasteiger partial charge in [-0.2, -0.15) is 0 Å². The molecule has 0 aromatic carbocycles. The van der Waals surface area contributed by atoms with Crippen LogP contribution in [0, 0.1) is 0 Å². The molecule has 0 saturated heterocycles. The molecular weight excluding hydrogens is 230 g/mol. The maximum Gasteiger partial charge on any atom is 0.205 e. The predicted octanol–water partition coefficient (Wildman–Crippen LogP) is 2.96. The number of aldehydes is 1. The van der Waals surface area contributed by atoms with E-state index in [0.717, 1.165) is 17.4 Å². The van der Waals surface area contributed by atoms with E-state index in [0.29, 0.717) is 12.3 Å². The van der Waals surface area contributed by atoms with Crippen molar-refractivity contribution in [2.45, 2.75) is 45.9 Å². The van der Waals surface area contributed by atoms with Crippen molar-refractivity contribution in [2.75, 3.05) is 0 Å². The summed E-state index contributed by atoms with van der Waals surface area (Å²) in [5.41, 5.74) is 2.54. The summed E-state index contributed by atoms with van der Waals surface area (Å²) in [6, 6.07) is 2.03. The normalized spacial score (nSPS) is 11.9. The number of carbonyl (C=O) groups is 1. The predicted molar refractivity (Wildman–Crippen MR) is 70.6 cm³/mol. The smallest absolute Gasteiger partial charge is 0.205 e. The number of pyridine rings is 1. The Morgan fingerprint density at radius 3 is 2.53 bits per heavy atom. The minimum absolute atomic E-state index is 0.0371. The van der Waals surface area contributed by atoms with Crippen LogP contribution in [0.25, 0.3) is 0 Å². The van der Waals surface area contributed by atoms with E-state index in [1.54, 1.807) is 6.20 Å². The molecule has 4 heteroatoms. The Kier molecular flexibility index (Phi) is 4.59. The summed E-state index contributed by atoms with van der Waals surface area (Å²) in [6.45, 7) is 11.0. The number of hydrogen-bond acceptors (Lipinski definition) is 3. The first-order valence-corrected chi connectivity index (χ1v) is 8.13. The lowest BCUT2D eigenvalue weighted by Gasteiger charge is -2.20. The highest BCUT2D eigenvalue weighted by Crippen LogP contribution is 2.23. The van der Waals surface area contributed by atoms with E-state index in [9.17, 15) is 4.79 Å². The molecule has 0 saturated carbocycles. The summed E-state index contributed by atoms with van der Waals surface area (Å²) in [5, 5.41) is 0. The molecule has 0 spiro atoms. The quantitative estimate of drug-likeness (QED) is 0.609. The summed E-state index contributed by atoms with van der Waals surface area (Å²) >= 11 is 0. The van der Waals surface area contributed by atoms with Gasteiger partial charge in [-0.05, 0) is 30.1 Å². The fourth-order valence-corrected chi connectivity index (χ4v) is 1.82. The van der Waals surface area contributed by atoms with E-state index in [4.69, 9.17) is 4.43 Å². The summed E-state index contributed by atoms with van der Waals surface area (Å²) in [6.07, 6.45) is 2.57. The Bertz CT molecular complexity index is 397. The number of rotatable bonds is 4. The van der Waals surface area contributed by atoms with Gasteiger partial charge in [0.1, 0.15) is 5.69 Å². The highest BCUT2D eigenvalue weighted by molar-refractivity contribution is 6.48. The van der Waals surface area contributed by atoms with Crippen LogP contribution in [-0.2, 0) is 16.4 Å². The van der Waals surface area contributed by atoms with E-state index >= 15 is 0 Å². The van der Waals surface area contributed by atoms with Crippen LogP contribution in [0.1, 0.15) is 42.4 Å². The molecule has 0 atom stereocenters. The minimum Gasteiger partial charge on any atom is -0.413 e. The Labute approximate surface area is 105 Å². The fourth-order valence-electron chi connectivity index (χ4n) is 1.37. The topological polar surface area (TPSA) is 39.2 Å². The largest absolute Gasteiger partial charge is 0.413 e. The monoisotopic (exact) mass is 250 g/mol. The molecule has 0 N–H and O–H groups in total. The van der Waals surface area contributed by atoms with Crippen LogP contribution in [0.3, 0.4) is 0 Å². The van der Waals surface area contributed by atoms with E-state index in [-0.39, 0.29) is 5.41 Å². The first-order valence-electron chi connectivity index (χ1n) is 5.72. The summed E-state index contributed by atoms with van der Waals surface area (Å²) in [4.78, 5) is 15.1. The molecule has 0 bridgehead atoms. The van der Waals surface area contributed by atoms with Crippen molar-refractivity contribution in [1.29, 1.82) is 0 Å². The fraction of sp³-hybridized carbons (Fsp3) is 0.538. The summed E-state index contributed by atoms with van der Waals surface area (Å²) in [7, 11) is -0.748. The van der Waals surface area contributed by atoms with Gasteiger partial charge >= 0.3 is 0 Å². The van der Waals surface area contributed by atoms with Crippen LogP contribution >= 0.6 is 0 Å². The van der Waals surface area contributed by atoms with E-state index < -0.39 is 9.04 Å². The molecule has 0 aliphatic heterocycles. The average molecular weight is 250 g/mol. The van der Waals surface area contributed by atoms with Gasteiger partial charge in [0.15, 0.2) is 6.29 Å². The molecule has 1 rings (SSSR count). The first kappa shape index (κ1) is 14.1. The number of carbonyl (C=O) groups excluding carboxylic acids is 1. The third-order valence-electron chi connectivity index (χ3n) is 2.50. The molecule has 1 aromatic heterocycles. The number of aromatic nitrogens is 1. The first-order chi connectivity index (χ1) is 7.84. The van der Waals surface area contributed by atoms with Crippen LogP contribution < -0.4 is 0 Å². The second-order valence-corrected chi connectivity index (χ2v) is 7.44. The number of nitrogens with zero attached hydrogens (tertiary/aromatic N) is 1. The zero-order valence-electron chi connectivity index (χ0n) is 11.2. The van der Waals surface area contributed by atoms with Gasteiger partial charge < -0.3 is 4.43 Å². The van der Waals surface area contributed by atoms with Gasteiger partial charge in [0, 0.05) is 11.8 Å². The molecule has 0 unspecified atom stereocenters. The molecule has 0 fully saturated rings. The van der Waals surface area contributed by atoms with Gasteiger partial charge in [-0.3, -0.25) is 9.78 Å². The van der Waals surface area contributed by atoms with Crippen LogP contribution in [0.15, 0.2) is 12.3 Å². The van der Waals surface area contributed by atoms with Crippen LogP contribution in [0.2, 0.25) is 13.1 Å². The lowest BCUT2D eigenvalue weighted by atomic mass is 9.87. The SMILES string of the molecule is C[Si](C)OCc1cc(C(C)(C)C)cnc1C=O. The minimum atomic E-state index is -0.748. The zero-order chi connectivity index (χ0) is 13.1. The molecule has 3 nitrogen and oxygen atoms in total. The molecule has 1 heterocycles. The van der Waals surface area contributed by atoms with Gasteiger partial charge in [-0.1, -0.05) is 20.8 Å². The number of hydrogen-bond donors (Lipinski definition) is 0.